The Balaban J connectivity index is 0.989. The lowest BCUT2D eigenvalue weighted by Gasteiger charge is -2.51. The Morgan fingerprint density at radius 1 is 0.427 bits per heavy atom. The van der Waals surface area contributed by atoms with E-state index in [0.717, 1.165) is 12.8 Å². The number of fused-ring (bicyclic) bond motifs is 16. The zero-order valence-corrected chi connectivity index (χ0v) is 54.4. The van der Waals surface area contributed by atoms with E-state index in [1.807, 2.05) is 22.7 Å². The highest BCUT2D eigenvalue weighted by Gasteiger charge is 2.60. The molecule has 18 rings (SSSR count). The molecule has 2 aliphatic carbocycles. The van der Waals surface area contributed by atoms with Gasteiger partial charge in [-0.15, -0.1) is 22.7 Å². The molecule has 2 aromatic heterocycles. The van der Waals surface area contributed by atoms with Crippen LogP contribution in [0, 0.1) is 13.8 Å². The number of benzene rings is 10. The summed E-state index contributed by atoms with van der Waals surface area (Å²) in [6.07, 6.45) is 9.50. The molecule has 6 aliphatic rings. The minimum absolute atomic E-state index is 0.0286. The van der Waals surface area contributed by atoms with E-state index >= 15 is 0 Å². The van der Waals surface area contributed by atoms with Crippen LogP contribution >= 0.6 is 22.7 Å². The van der Waals surface area contributed by atoms with Gasteiger partial charge in [-0.2, -0.15) is 0 Å². The average Bonchev–Trinajstić information content (AvgIpc) is 1.12. The third-order valence-corrected chi connectivity index (χ3v) is 25.7. The molecular formula is C82H75BN4S2. The van der Waals surface area contributed by atoms with Crippen LogP contribution in [0.3, 0.4) is 0 Å². The van der Waals surface area contributed by atoms with Gasteiger partial charge in [0, 0.05) is 92.0 Å². The first-order chi connectivity index (χ1) is 43.1. The second kappa shape index (κ2) is 18.7. The first-order valence-corrected chi connectivity index (χ1v) is 34.5. The number of rotatable bonds is 5. The van der Waals surface area contributed by atoms with Gasteiger partial charge >= 0.3 is 0 Å². The normalized spacial score (nSPS) is 22.4. The Kier molecular flexibility index (Phi) is 11.4. The molecule has 0 N–H and O–H groups in total. The smallest absolute Gasteiger partial charge is 0.252 e. The minimum atomic E-state index is -0.188. The molecule has 7 heteroatoms. The van der Waals surface area contributed by atoms with Crippen LogP contribution in [-0.2, 0) is 16.2 Å². The van der Waals surface area contributed by atoms with Crippen LogP contribution in [0.5, 0.6) is 0 Å². The number of aryl methyl sites for hydroxylation is 2. The molecule has 0 amide bonds. The third-order valence-electron chi connectivity index (χ3n) is 23.4. The van der Waals surface area contributed by atoms with Gasteiger partial charge in [-0.05, 0) is 187 Å². The van der Waals surface area contributed by atoms with E-state index in [0.29, 0.717) is 0 Å². The lowest BCUT2D eigenvalue weighted by atomic mass is 9.33. The van der Waals surface area contributed by atoms with Crippen molar-refractivity contribution in [2.24, 2.45) is 0 Å². The van der Waals surface area contributed by atoms with Gasteiger partial charge in [-0.3, -0.25) is 0 Å². The molecule has 2 saturated carbocycles. The van der Waals surface area contributed by atoms with E-state index < -0.39 is 0 Å². The largest absolute Gasteiger partial charge is 0.334 e. The summed E-state index contributed by atoms with van der Waals surface area (Å²) in [4.78, 5) is 11.2. The van der Waals surface area contributed by atoms with Crippen molar-refractivity contribution in [1.29, 1.82) is 0 Å². The molecule has 6 heterocycles. The van der Waals surface area contributed by atoms with Crippen molar-refractivity contribution in [3.8, 4) is 11.1 Å². The number of thiophene rings is 2. The summed E-state index contributed by atoms with van der Waals surface area (Å²) < 4.78 is 5.25. The minimum Gasteiger partial charge on any atom is -0.334 e. The number of hydrogen-bond donors (Lipinski definition) is 0. The van der Waals surface area contributed by atoms with Crippen molar-refractivity contribution in [1.82, 2.24) is 0 Å². The molecule has 4 unspecified atom stereocenters. The lowest BCUT2D eigenvalue weighted by molar-refractivity contribution is 0.194. The van der Waals surface area contributed by atoms with Crippen LogP contribution in [-0.4, -0.2) is 17.8 Å². The van der Waals surface area contributed by atoms with Crippen molar-refractivity contribution >= 4 is 143 Å². The molecule has 4 aliphatic heterocycles. The summed E-state index contributed by atoms with van der Waals surface area (Å²) >= 11 is 3.86. The second-order valence-electron chi connectivity index (χ2n) is 29.1. The standard InChI is InChI=1S/C82H75BN4S2/c1-50-43-51(2)75-68(44-50)87(82(9)42-20-18-40-80(75,82)7)56-48-69-76-70(49-56)85(66-29-21-27-58-57-25-13-15-30-71(57)89-77(58)66)67-47-55(86-63-38-34-54(78(3,4)5)46-60(63)79(6)39-17-19-41-81(79,86)8)35-36-61(67)83(76)62-45-53(52-23-11-10-12-24-52)33-37-64(62)84(69)65-28-22-32-73-74(65)59-26-14-16-31-72(59)88-73/h10-16,21-38,43-49H,17-20,39-42H2,1-9H3. The van der Waals surface area contributed by atoms with Crippen molar-refractivity contribution in [3.05, 3.63) is 222 Å². The first kappa shape index (κ1) is 53.9. The van der Waals surface area contributed by atoms with Crippen LogP contribution in [0.1, 0.15) is 128 Å². The highest BCUT2D eigenvalue weighted by atomic mass is 32.1. The Hall–Kier alpha value is -8.10. The molecule has 12 aromatic rings. The molecule has 0 bridgehead atoms. The number of hydrogen-bond acceptors (Lipinski definition) is 6. The molecule has 438 valence electrons. The van der Waals surface area contributed by atoms with Crippen molar-refractivity contribution < 1.29 is 0 Å². The number of anilines is 10. The maximum Gasteiger partial charge on any atom is 0.252 e. The van der Waals surface area contributed by atoms with E-state index in [1.165, 1.54) is 191 Å². The van der Waals surface area contributed by atoms with Gasteiger partial charge in [0.1, 0.15) is 0 Å². The Morgan fingerprint density at radius 3 is 1.82 bits per heavy atom. The molecule has 2 fully saturated rings. The predicted octanol–water partition coefficient (Wildman–Crippen LogP) is 21.6. The SMILES string of the molecule is Cc1cc(C)c2c(c1)N(c1cc3c4c(c1)N(c1cccc5sc6ccccc6c15)c1ccc(-c5ccccc5)cc1B4c1ccc(N4c5ccc(C(C)(C)C)cc5C5(C)CCCCC45C)cc1N3c1cccc3c1sc1ccccc13)C1(C)CCCCC21C. The summed E-state index contributed by atoms with van der Waals surface area (Å²) in [6.45, 7) is 22.2. The van der Waals surface area contributed by atoms with Gasteiger partial charge in [-0.25, -0.2) is 0 Å². The maximum absolute atomic E-state index is 2.88. The summed E-state index contributed by atoms with van der Waals surface area (Å²) in [7, 11) is 0. The molecule has 0 radical (unpaired) electrons. The molecule has 0 saturated heterocycles. The van der Waals surface area contributed by atoms with E-state index in [9.17, 15) is 0 Å². The molecular weight excluding hydrogens is 1120 g/mol. The van der Waals surface area contributed by atoms with Crippen LogP contribution in [0.2, 0.25) is 0 Å². The zero-order valence-electron chi connectivity index (χ0n) is 52.8. The van der Waals surface area contributed by atoms with Gasteiger partial charge < -0.3 is 19.6 Å². The van der Waals surface area contributed by atoms with Gasteiger partial charge in [0.15, 0.2) is 0 Å². The first-order valence-electron chi connectivity index (χ1n) is 32.9. The summed E-state index contributed by atoms with van der Waals surface area (Å²) in [5, 5.41) is 5.24. The topological polar surface area (TPSA) is 13.0 Å². The van der Waals surface area contributed by atoms with E-state index in [1.54, 1.807) is 0 Å². The van der Waals surface area contributed by atoms with Gasteiger partial charge in [0.05, 0.1) is 27.2 Å². The van der Waals surface area contributed by atoms with E-state index in [4.69, 9.17) is 0 Å². The Bertz CT molecular complexity index is 5010. The van der Waals surface area contributed by atoms with Crippen molar-refractivity contribution in [2.45, 2.75) is 141 Å². The Labute approximate surface area is 533 Å². The molecule has 89 heavy (non-hydrogen) atoms. The summed E-state index contributed by atoms with van der Waals surface area (Å²) in [6, 6.07) is 76.6. The van der Waals surface area contributed by atoms with Crippen LogP contribution in [0.25, 0.3) is 51.5 Å². The van der Waals surface area contributed by atoms with Gasteiger partial charge in [-0.1, -0.05) is 182 Å². The second-order valence-corrected chi connectivity index (χ2v) is 31.3. The summed E-state index contributed by atoms with van der Waals surface area (Å²) in [5.74, 6) is 0. The predicted molar refractivity (Wildman–Crippen MR) is 385 cm³/mol. The highest BCUT2D eigenvalue weighted by Crippen LogP contribution is 2.65. The fourth-order valence-electron chi connectivity index (χ4n) is 18.8. The Morgan fingerprint density at radius 2 is 1.04 bits per heavy atom. The van der Waals surface area contributed by atoms with Gasteiger partial charge in [0.25, 0.3) is 6.71 Å². The third kappa shape index (κ3) is 7.23. The van der Waals surface area contributed by atoms with Crippen LogP contribution in [0.15, 0.2) is 194 Å². The lowest BCUT2D eigenvalue weighted by Crippen LogP contribution is -2.61. The maximum atomic E-state index is 2.88. The monoisotopic (exact) mass is 1190 g/mol. The zero-order chi connectivity index (χ0) is 60.3. The van der Waals surface area contributed by atoms with E-state index in [2.05, 4.69) is 276 Å². The summed E-state index contributed by atoms with van der Waals surface area (Å²) in [5.41, 5.74) is 26.0. The van der Waals surface area contributed by atoms with Crippen molar-refractivity contribution in [2.75, 3.05) is 19.6 Å². The average molecular weight is 1190 g/mol. The highest BCUT2D eigenvalue weighted by molar-refractivity contribution is 7.26. The fraction of sp³-hybridized carbons (Fsp3) is 0.268. The molecule has 10 aromatic carbocycles. The van der Waals surface area contributed by atoms with E-state index in [-0.39, 0.29) is 34.0 Å². The van der Waals surface area contributed by atoms with Crippen LogP contribution < -0.4 is 36.0 Å². The molecule has 4 nitrogen and oxygen atoms in total. The molecule has 4 atom stereocenters. The fourth-order valence-corrected chi connectivity index (χ4v) is 21.1. The number of nitrogens with zero attached hydrogens (tertiary/aromatic N) is 4. The van der Waals surface area contributed by atoms with Crippen LogP contribution in [0.4, 0.5) is 56.9 Å². The van der Waals surface area contributed by atoms with Gasteiger partial charge in [0.2, 0.25) is 0 Å². The molecule has 0 spiro atoms. The quantitative estimate of drug-likeness (QED) is 0.159. The van der Waals surface area contributed by atoms with Crippen molar-refractivity contribution in [3.63, 3.8) is 0 Å².